The number of aliphatic hydroxyl groups excluding tert-OH is 3. The van der Waals surface area contributed by atoms with E-state index in [0.717, 1.165) is 5.56 Å². The third-order valence-electron chi connectivity index (χ3n) is 10.0. The molecule has 12 N–H and O–H groups in total. The van der Waals surface area contributed by atoms with E-state index in [9.17, 15) is 35.1 Å². The van der Waals surface area contributed by atoms with Crippen LogP contribution in [0.1, 0.15) is 60.5 Å². The van der Waals surface area contributed by atoms with Gasteiger partial charge in [0.1, 0.15) is 52.8 Å². The highest BCUT2D eigenvalue weighted by Crippen LogP contribution is 2.43. The second-order valence-electron chi connectivity index (χ2n) is 13.4. The van der Waals surface area contributed by atoms with Crippen LogP contribution in [0.15, 0.2) is 59.9 Å². The minimum absolute atomic E-state index is 0.0437. The third-order valence-corrected chi connectivity index (χ3v) is 10.0. The molecule has 290 valence electrons. The monoisotopic (exact) mass is 757 g/mol. The van der Waals surface area contributed by atoms with Gasteiger partial charge in [0.05, 0.1) is 24.8 Å². The maximum atomic E-state index is 14.5. The highest BCUT2D eigenvalue weighted by Gasteiger charge is 2.55. The lowest BCUT2D eigenvalue weighted by Gasteiger charge is -2.47. The van der Waals surface area contributed by atoms with Gasteiger partial charge in [0.25, 0.3) is 0 Å². The number of hydrogen-bond acceptors (Lipinski definition) is 15. The van der Waals surface area contributed by atoms with Gasteiger partial charge in [0.15, 0.2) is 11.7 Å². The Morgan fingerprint density at radius 1 is 0.982 bits per heavy atom. The number of nitrogens with zero attached hydrogens (tertiary/aromatic N) is 3. The molecule has 6 rings (SSSR count). The molecule has 5 atom stereocenters. The number of nitrogen functional groups attached to an aromatic ring is 2. The van der Waals surface area contributed by atoms with E-state index < -0.39 is 54.1 Å². The van der Waals surface area contributed by atoms with Crippen LogP contribution in [0.5, 0.6) is 17.2 Å². The molecule has 0 unspecified atom stereocenters. The molecule has 2 aromatic carbocycles. The first kappa shape index (κ1) is 38.9. The smallest absolute Gasteiger partial charge is 0.229 e. The molecule has 1 aliphatic carbocycles. The first-order valence-corrected chi connectivity index (χ1v) is 17.4. The number of hydrogen-bond donors (Lipinski definition) is 9. The minimum atomic E-state index is -2.14. The summed E-state index contributed by atoms with van der Waals surface area (Å²) in [6.07, 6.45) is -3.10. The number of carbonyl (C=O) groups excluding carboxylic acids is 2. The zero-order valence-corrected chi connectivity index (χ0v) is 30.1. The van der Waals surface area contributed by atoms with Gasteiger partial charge in [0.2, 0.25) is 12.1 Å². The molecule has 0 spiro atoms. The fourth-order valence-corrected chi connectivity index (χ4v) is 6.92. The van der Waals surface area contributed by atoms with Crippen LogP contribution in [0.2, 0.25) is 0 Å². The van der Waals surface area contributed by atoms with Crippen molar-refractivity contribution in [2.24, 2.45) is 10.7 Å². The lowest BCUT2D eigenvalue weighted by Crippen LogP contribution is -2.68. The van der Waals surface area contributed by atoms with Crippen molar-refractivity contribution in [3.63, 3.8) is 0 Å². The predicted molar refractivity (Wildman–Crippen MR) is 199 cm³/mol. The number of ether oxygens (including phenoxy) is 3. The van der Waals surface area contributed by atoms with Gasteiger partial charge in [-0.3, -0.25) is 14.6 Å². The van der Waals surface area contributed by atoms with E-state index in [0.29, 0.717) is 35.3 Å². The van der Waals surface area contributed by atoms with Gasteiger partial charge in [-0.05, 0) is 72.7 Å². The van der Waals surface area contributed by atoms with Crippen LogP contribution in [-0.2, 0) is 30.5 Å². The fraction of sp³-hybridized carbons (Fsp3) is 0.342. The number of aryl methyl sites for hydroxylation is 3. The predicted octanol–water partition coefficient (Wildman–Crippen LogP) is 0.132. The molecule has 17 heteroatoms. The van der Waals surface area contributed by atoms with E-state index in [1.807, 2.05) is 6.07 Å². The molecule has 1 saturated heterocycles. The number of rotatable bonds is 12. The summed E-state index contributed by atoms with van der Waals surface area (Å²) < 4.78 is 17.3. The highest BCUT2D eigenvalue weighted by molar-refractivity contribution is 6.30. The summed E-state index contributed by atoms with van der Waals surface area (Å²) in [6, 6.07) is 10.9. The van der Waals surface area contributed by atoms with E-state index in [-0.39, 0.29) is 64.9 Å². The number of guanidine groups is 1. The molecule has 1 aliphatic heterocycles. The van der Waals surface area contributed by atoms with Crippen molar-refractivity contribution in [1.82, 2.24) is 15.3 Å². The van der Waals surface area contributed by atoms with Crippen LogP contribution in [0.3, 0.4) is 0 Å². The molecule has 3 heterocycles. The summed E-state index contributed by atoms with van der Waals surface area (Å²) in [5, 5.41) is 59.0. The number of nitrogens with one attached hydrogen (secondary N) is 1. The van der Waals surface area contributed by atoms with Crippen molar-refractivity contribution in [2.75, 3.05) is 32.2 Å². The Balaban J connectivity index is 1.35. The van der Waals surface area contributed by atoms with Crippen molar-refractivity contribution < 1.29 is 49.3 Å². The number of phenols is 1. The molecule has 4 aromatic rings. The Morgan fingerprint density at radius 3 is 2.42 bits per heavy atom. The second kappa shape index (κ2) is 15.9. The van der Waals surface area contributed by atoms with Crippen LogP contribution < -0.4 is 32.0 Å². The van der Waals surface area contributed by atoms with Crippen LogP contribution in [-0.4, -0.2) is 104 Å². The molecule has 2 aromatic heterocycles. The number of anilines is 2. The van der Waals surface area contributed by atoms with Gasteiger partial charge >= 0.3 is 0 Å². The summed E-state index contributed by atoms with van der Waals surface area (Å²) in [5.41, 5.74) is 16.9. The van der Waals surface area contributed by atoms with Gasteiger partial charge in [-0.25, -0.2) is 9.97 Å². The molecule has 0 saturated carbocycles. The van der Waals surface area contributed by atoms with Crippen molar-refractivity contribution >= 4 is 29.2 Å². The number of phenolic OH excluding ortho intramolecular Hbond substituents is 1. The maximum absolute atomic E-state index is 14.5. The van der Waals surface area contributed by atoms with Crippen molar-refractivity contribution in [1.29, 1.82) is 0 Å². The molecule has 17 nitrogen and oxygen atoms in total. The Bertz CT molecular complexity index is 2130. The summed E-state index contributed by atoms with van der Waals surface area (Å²) >= 11 is 0. The summed E-state index contributed by atoms with van der Waals surface area (Å²) in [6.45, 7) is -0.827. The van der Waals surface area contributed by atoms with Crippen molar-refractivity contribution in [3.8, 4) is 17.2 Å². The Hall–Kier alpha value is -5.85. The summed E-state index contributed by atoms with van der Waals surface area (Å²) in [4.78, 5) is 40.7. The van der Waals surface area contributed by atoms with Gasteiger partial charge < -0.3 is 62.3 Å². The van der Waals surface area contributed by atoms with E-state index in [1.165, 1.54) is 32.5 Å². The number of ketones is 2. The molecular formula is C38H43N7O10. The number of methoxy groups -OCH3 is 1. The SMILES string of the molecule is CN=C(N)NCc1c(CCc2ccc(N)nc2)cc2c(c1O)C(=O)c1c(O[C@@H]3O[C@H](CO)[C@](O)(CCc4ccnc(N)c4)[C@H](O)[C@H]3O)cc(OC)cc1C2=O. The molecule has 2 aliphatic rings. The standard InChI is InChI=1S/C38H43N7O10/c1-42-37(41)45-16-24-20(5-3-19-4-6-27(39)44-15-19)12-22-30(32(24)48)33(49)29-23(31(22)47)13-21(53-2)14-25(29)54-36-34(50)35(51)38(52,26(17-46)55-36)9-7-18-8-10-43-28(40)11-18/h4,6,8,10-15,26,34-36,46,48,50-52H,3,5,7,9,16-17H2,1-2H3,(H2,39,44)(H2,40,43)(H3,41,42,45)/t26-,34-,35-,36-,38-/m1/s1. The molecular weight excluding hydrogens is 714 g/mol. The first-order chi connectivity index (χ1) is 26.3. The number of aliphatic imine (C=N–C) groups is 1. The lowest BCUT2D eigenvalue weighted by molar-refractivity contribution is -0.314. The van der Waals surface area contributed by atoms with E-state index >= 15 is 0 Å². The maximum Gasteiger partial charge on any atom is 0.229 e. The summed E-state index contributed by atoms with van der Waals surface area (Å²) in [5.74, 6) is -1.38. The molecule has 0 amide bonds. The fourth-order valence-electron chi connectivity index (χ4n) is 6.92. The number of fused-ring (bicyclic) bond motifs is 2. The van der Waals surface area contributed by atoms with Gasteiger partial charge in [-0.15, -0.1) is 0 Å². The second-order valence-corrected chi connectivity index (χ2v) is 13.4. The largest absolute Gasteiger partial charge is 0.507 e. The number of benzene rings is 2. The molecule has 55 heavy (non-hydrogen) atoms. The number of aromatic nitrogens is 2. The number of carbonyl (C=O) groups is 2. The zero-order chi connectivity index (χ0) is 39.6. The average Bonchev–Trinajstić information content (AvgIpc) is 3.18. The number of nitrogens with two attached hydrogens (primary N) is 3. The molecule has 1 fully saturated rings. The van der Waals surface area contributed by atoms with Gasteiger partial charge in [-0.1, -0.05) is 6.07 Å². The third kappa shape index (κ3) is 7.60. The van der Waals surface area contributed by atoms with Crippen molar-refractivity contribution in [3.05, 3.63) is 99.4 Å². The minimum Gasteiger partial charge on any atom is -0.507 e. The van der Waals surface area contributed by atoms with Gasteiger partial charge in [0, 0.05) is 48.7 Å². The number of aliphatic hydroxyl groups is 4. The van der Waals surface area contributed by atoms with Crippen LogP contribution in [0, 0.1) is 0 Å². The first-order valence-electron chi connectivity index (χ1n) is 17.4. The summed E-state index contributed by atoms with van der Waals surface area (Å²) in [7, 11) is 2.82. The van der Waals surface area contributed by atoms with Crippen LogP contribution in [0.4, 0.5) is 11.6 Å². The van der Waals surface area contributed by atoms with E-state index in [1.54, 1.807) is 30.5 Å². The highest BCUT2D eigenvalue weighted by atomic mass is 16.7. The Labute approximate surface area is 315 Å². The quantitative estimate of drug-likeness (QED) is 0.0604. The average molecular weight is 758 g/mol. The van der Waals surface area contributed by atoms with Gasteiger partial charge in [-0.2, -0.15) is 0 Å². The van der Waals surface area contributed by atoms with E-state index in [2.05, 4.69) is 20.3 Å². The van der Waals surface area contributed by atoms with Crippen molar-refractivity contribution in [2.45, 2.75) is 62.4 Å². The van der Waals surface area contributed by atoms with Crippen LogP contribution >= 0.6 is 0 Å². The topological polar surface area (TPSA) is 291 Å². The normalized spacial score (nSPS) is 22.2. The van der Waals surface area contributed by atoms with Crippen LogP contribution in [0.25, 0.3) is 0 Å². The number of aromatic hydroxyl groups is 1. The lowest BCUT2D eigenvalue weighted by atomic mass is 9.79. The molecule has 0 bridgehead atoms. The van der Waals surface area contributed by atoms with E-state index in [4.69, 9.17) is 31.4 Å². The number of pyridine rings is 2. The Kier molecular flexibility index (Phi) is 11.2. The zero-order valence-electron chi connectivity index (χ0n) is 30.1. The Morgan fingerprint density at radius 2 is 1.75 bits per heavy atom. The molecule has 0 radical (unpaired) electrons.